The molecule has 2 aromatic heterocycles. The number of allylic oxidation sites excluding steroid dienone is 1. The first kappa shape index (κ1) is 16.0. The number of nitrogens with zero attached hydrogens (tertiary/aromatic N) is 4. The minimum atomic E-state index is -0.445. The van der Waals surface area contributed by atoms with Gasteiger partial charge in [0.15, 0.2) is 0 Å². The number of para-hydroxylation sites is 1. The molecule has 26 heavy (non-hydrogen) atoms. The number of aromatic nitrogens is 4. The molecule has 3 heterocycles. The molecule has 7 heteroatoms. The van der Waals surface area contributed by atoms with Crippen LogP contribution < -0.4 is 10.6 Å². The molecule has 1 atom stereocenters. The highest BCUT2D eigenvalue weighted by Gasteiger charge is 2.34. The van der Waals surface area contributed by atoms with E-state index in [1.807, 2.05) is 56.3 Å². The lowest BCUT2D eigenvalue weighted by Gasteiger charge is -2.28. The van der Waals surface area contributed by atoms with Crippen molar-refractivity contribution in [3.63, 3.8) is 0 Å². The molecule has 0 spiro atoms. The van der Waals surface area contributed by atoms with Crippen LogP contribution in [0.1, 0.15) is 24.2 Å². The summed E-state index contributed by atoms with van der Waals surface area (Å²) in [6.45, 7) is 3.82. The first-order valence-corrected chi connectivity index (χ1v) is 8.30. The lowest BCUT2D eigenvalue weighted by Crippen LogP contribution is -2.32. The standard InChI is InChI=1S/C19H18N6O/c1-12-7-3-4-8-14(12)24-18(26)16-13(2)23-19-21-11-22-25(19)17(16)15-9-5-6-10-20-15/h3-11,17H,1-2H3,(H,24,26)(H,21,22,23)/t17-/m0/s1. The second-order valence-electron chi connectivity index (χ2n) is 6.12. The van der Waals surface area contributed by atoms with Crippen LogP contribution in [0.25, 0.3) is 0 Å². The summed E-state index contributed by atoms with van der Waals surface area (Å²) >= 11 is 0. The number of rotatable bonds is 3. The summed E-state index contributed by atoms with van der Waals surface area (Å²) < 4.78 is 1.68. The smallest absolute Gasteiger partial charge is 0.255 e. The Hall–Kier alpha value is -3.48. The highest BCUT2D eigenvalue weighted by Crippen LogP contribution is 2.34. The number of carbonyl (C=O) groups excluding carboxylic acids is 1. The Kier molecular flexibility index (Phi) is 3.96. The SMILES string of the molecule is CC1=C(C(=O)Nc2ccccc2C)[C@H](c2ccccn2)n2ncnc2N1. The molecular weight excluding hydrogens is 328 g/mol. The van der Waals surface area contributed by atoms with Crippen molar-refractivity contribution in [2.75, 3.05) is 10.6 Å². The van der Waals surface area contributed by atoms with Gasteiger partial charge < -0.3 is 10.6 Å². The van der Waals surface area contributed by atoms with Crippen LogP contribution in [0.5, 0.6) is 0 Å². The third-order valence-corrected chi connectivity index (χ3v) is 4.40. The van der Waals surface area contributed by atoms with Gasteiger partial charge in [-0.3, -0.25) is 9.78 Å². The van der Waals surface area contributed by atoms with E-state index in [1.54, 1.807) is 10.9 Å². The molecule has 0 radical (unpaired) electrons. The molecule has 4 rings (SSSR count). The molecule has 3 aromatic rings. The quantitative estimate of drug-likeness (QED) is 0.762. The van der Waals surface area contributed by atoms with Crippen molar-refractivity contribution in [2.45, 2.75) is 19.9 Å². The van der Waals surface area contributed by atoms with Gasteiger partial charge in [0.05, 0.1) is 11.3 Å². The fraction of sp³-hybridized carbons (Fsp3) is 0.158. The van der Waals surface area contributed by atoms with Crippen LogP contribution in [0.4, 0.5) is 11.6 Å². The number of hydrogen-bond acceptors (Lipinski definition) is 5. The molecule has 0 saturated heterocycles. The molecule has 0 aliphatic carbocycles. The number of nitrogens with one attached hydrogen (secondary N) is 2. The Labute approximate surface area is 150 Å². The van der Waals surface area contributed by atoms with E-state index < -0.39 is 6.04 Å². The van der Waals surface area contributed by atoms with Gasteiger partial charge >= 0.3 is 0 Å². The highest BCUT2D eigenvalue weighted by molar-refractivity contribution is 6.06. The van der Waals surface area contributed by atoms with Gasteiger partial charge in [0.25, 0.3) is 5.91 Å². The Morgan fingerprint density at radius 3 is 2.69 bits per heavy atom. The van der Waals surface area contributed by atoms with Crippen LogP contribution in [0, 0.1) is 6.92 Å². The summed E-state index contributed by atoms with van der Waals surface area (Å²) in [7, 11) is 0. The minimum Gasteiger partial charge on any atom is -0.328 e. The van der Waals surface area contributed by atoms with Gasteiger partial charge in [-0.1, -0.05) is 24.3 Å². The van der Waals surface area contributed by atoms with Gasteiger partial charge in [-0.25, -0.2) is 4.68 Å². The minimum absolute atomic E-state index is 0.193. The molecule has 130 valence electrons. The van der Waals surface area contributed by atoms with Gasteiger partial charge in [0.1, 0.15) is 12.4 Å². The van der Waals surface area contributed by atoms with Crippen molar-refractivity contribution in [1.82, 2.24) is 19.7 Å². The predicted molar refractivity (Wildman–Crippen MR) is 98.5 cm³/mol. The van der Waals surface area contributed by atoms with E-state index in [2.05, 4.69) is 25.7 Å². The Morgan fingerprint density at radius 2 is 1.92 bits per heavy atom. The molecule has 0 unspecified atom stereocenters. The van der Waals surface area contributed by atoms with Gasteiger partial charge in [-0.05, 0) is 37.6 Å². The van der Waals surface area contributed by atoms with Crippen molar-refractivity contribution >= 4 is 17.5 Å². The number of fused-ring (bicyclic) bond motifs is 1. The second kappa shape index (κ2) is 6.44. The van der Waals surface area contributed by atoms with Crippen LogP contribution in [-0.2, 0) is 4.79 Å². The van der Waals surface area contributed by atoms with Gasteiger partial charge in [0.2, 0.25) is 5.95 Å². The normalized spacial score (nSPS) is 16.0. The lowest BCUT2D eigenvalue weighted by molar-refractivity contribution is -0.113. The summed E-state index contributed by atoms with van der Waals surface area (Å²) in [6.07, 6.45) is 3.17. The van der Waals surface area contributed by atoms with Crippen molar-refractivity contribution in [2.24, 2.45) is 0 Å². The summed E-state index contributed by atoms with van der Waals surface area (Å²) in [6, 6.07) is 12.9. The third kappa shape index (κ3) is 2.73. The van der Waals surface area contributed by atoms with E-state index in [4.69, 9.17) is 0 Å². The molecule has 7 nitrogen and oxygen atoms in total. The monoisotopic (exact) mass is 346 g/mol. The molecule has 1 aromatic carbocycles. The third-order valence-electron chi connectivity index (χ3n) is 4.40. The molecule has 0 fully saturated rings. The predicted octanol–water partition coefficient (Wildman–Crippen LogP) is 2.91. The average molecular weight is 346 g/mol. The van der Waals surface area contributed by atoms with E-state index in [9.17, 15) is 4.79 Å². The van der Waals surface area contributed by atoms with Crippen LogP contribution in [0.2, 0.25) is 0 Å². The number of aryl methyl sites for hydroxylation is 1. The fourth-order valence-electron chi connectivity index (χ4n) is 3.10. The van der Waals surface area contributed by atoms with E-state index in [0.717, 1.165) is 22.6 Å². The number of benzene rings is 1. The number of hydrogen-bond donors (Lipinski definition) is 2. The summed E-state index contributed by atoms with van der Waals surface area (Å²) in [4.78, 5) is 21.8. The molecular formula is C19H18N6O. The van der Waals surface area contributed by atoms with Gasteiger partial charge in [0, 0.05) is 17.6 Å². The Bertz CT molecular complexity index is 992. The molecule has 1 aliphatic heterocycles. The molecule has 0 bridgehead atoms. The summed E-state index contributed by atoms with van der Waals surface area (Å²) in [5.74, 6) is 0.395. The number of amides is 1. The van der Waals surface area contributed by atoms with Crippen molar-refractivity contribution in [3.8, 4) is 0 Å². The zero-order valence-electron chi connectivity index (χ0n) is 14.5. The van der Waals surface area contributed by atoms with Gasteiger partial charge in [-0.2, -0.15) is 10.1 Å². The zero-order valence-corrected chi connectivity index (χ0v) is 14.5. The number of anilines is 2. The van der Waals surface area contributed by atoms with Crippen molar-refractivity contribution < 1.29 is 4.79 Å². The van der Waals surface area contributed by atoms with Crippen LogP contribution in [-0.4, -0.2) is 25.7 Å². The fourth-order valence-corrected chi connectivity index (χ4v) is 3.10. The zero-order chi connectivity index (χ0) is 18.1. The maximum absolute atomic E-state index is 13.1. The summed E-state index contributed by atoms with van der Waals surface area (Å²) in [5.41, 5.74) is 3.80. The van der Waals surface area contributed by atoms with Gasteiger partial charge in [-0.15, -0.1) is 0 Å². The molecule has 2 N–H and O–H groups in total. The number of pyridine rings is 1. The van der Waals surface area contributed by atoms with Crippen molar-refractivity contribution in [3.05, 3.63) is 77.5 Å². The first-order chi connectivity index (χ1) is 12.6. The average Bonchev–Trinajstić information content (AvgIpc) is 3.11. The molecule has 1 amide bonds. The summed E-state index contributed by atoms with van der Waals surface area (Å²) in [5, 5.41) is 10.5. The second-order valence-corrected chi connectivity index (χ2v) is 6.12. The Morgan fingerprint density at radius 1 is 1.12 bits per heavy atom. The maximum atomic E-state index is 13.1. The molecule has 0 saturated carbocycles. The largest absolute Gasteiger partial charge is 0.328 e. The van der Waals surface area contributed by atoms with Crippen LogP contribution in [0.3, 0.4) is 0 Å². The van der Waals surface area contributed by atoms with Crippen molar-refractivity contribution in [1.29, 1.82) is 0 Å². The van der Waals surface area contributed by atoms with E-state index in [-0.39, 0.29) is 5.91 Å². The first-order valence-electron chi connectivity index (χ1n) is 8.30. The van der Waals surface area contributed by atoms with Crippen LogP contribution in [0.15, 0.2) is 66.3 Å². The Balaban J connectivity index is 1.77. The van der Waals surface area contributed by atoms with E-state index in [0.29, 0.717) is 11.5 Å². The van der Waals surface area contributed by atoms with Crippen LogP contribution >= 0.6 is 0 Å². The maximum Gasteiger partial charge on any atom is 0.255 e. The highest BCUT2D eigenvalue weighted by atomic mass is 16.1. The lowest BCUT2D eigenvalue weighted by atomic mass is 9.98. The molecule has 1 aliphatic rings. The van der Waals surface area contributed by atoms with E-state index in [1.165, 1.54) is 6.33 Å². The number of carbonyl (C=O) groups is 1. The van der Waals surface area contributed by atoms with E-state index >= 15 is 0 Å². The topological polar surface area (TPSA) is 84.7 Å².